The Bertz CT molecular complexity index is 536. The zero-order chi connectivity index (χ0) is 16.0. The summed E-state index contributed by atoms with van der Waals surface area (Å²) in [5, 5.41) is 3.32. The van der Waals surface area contributed by atoms with Gasteiger partial charge in [-0.1, -0.05) is 27.7 Å². The molecule has 122 valence electrons. The van der Waals surface area contributed by atoms with Gasteiger partial charge in [-0.3, -0.25) is 0 Å². The van der Waals surface area contributed by atoms with Crippen LogP contribution < -0.4 is 10.0 Å². The Morgan fingerprint density at radius 2 is 1.95 bits per heavy atom. The van der Waals surface area contributed by atoms with Crippen LogP contribution in [-0.4, -0.2) is 21.0 Å². The molecule has 6 heteroatoms. The lowest BCUT2D eigenvalue weighted by Gasteiger charge is -2.19. The van der Waals surface area contributed by atoms with Crippen LogP contribution in [0.25, 0.3) is 0 Å². The lowest BCUT2D eigenvalue weighted by Crippen LogP contribution is -2.37. The first kappa shape index (κ1) is 18.6. The Kier molecular flexibility index (Phi) is 7.33. The molecule has 1 atom stereocenters. The molecule has 0 bridgehead atoms. The van der Waals surface area contributed by atoms with E-state index in [4.69, 9.17) is 0 Å². The Labute approximate surface area is 133 Å². The smallest absolute Gasteiger partial charge is 0.250 e. The van der Waals surface area contributed by atoms with E-state index in [9.17, 15) is 8.42 Å². The topological polar surface area (TPSA) is 58.2 Å². The molecule has 0 saturated carbocycles. The van der Waals surface area contributed by atoms with Crippen LogP contribution in [-0.2, 0) is 16.6 Å². The molecule has 0 saturated heterocycles. The average molecular weight is 333 g/mol. The fourth-order valence-electron chi connectivity index (χ4n) is 2.12. The van der Waals surface area contributed by atoms with Crippen LogP contribution in [0.1, 0.15) is 51.0 Å². The van der Waals surface area contributed by atoms with Crippen LogP contribution in [0.4, 0.5) is 0 Å². The molecule has 2 N–H and O–H groups in total. The Balaban J connectivity index is 2.86. The van der Waals surface area contributed by atoms with Gasteiger partial charge >= 0.3 is 0 Å². The van der Waals surface area contributed by atoms with Gasteiger partial charge in [0.15, 0.2) is 0 Å². The summed E-state index contributed by atoms with van der Waals surface area (Å²) < 4.78 is 28.2. The first-order chi connectivity index (χ1) is 9.81. The molecule has 0 aliphatic carbocycles. The minimum atomic E-state index is -3.41. The van der Waals surface area contributed by atoms with Gasteiger partial charge < -0.3 is 5.32 Å². The molecular weight excluding hydrogens is 304 g/mol. The number of thiophene rings is 1. The molecule has 0 radical (unpaired) electrons. The molecule has 21 heavy (non-hydrogen) atoms. The van der Waals surface area contributed by atoms with Gasteiger partial charge in [0.05, 0.1) is 0 Å². The number of rotatable bonds is 9. The van der Waals surface area contributed by atoms with E-state index in [0.29, 0.717) is 4.21 Å². The summed E-state index contributed by atoms with van der Waals surface area (Å²) in [7, 11) is -3.41. The van der Waals surface area contributed by atoms with Crippen molar-refractivity contribution in [2.75, 3.05) is 6.54 Å². The third-order valence-corrected chi connectivity index (χ3v) is 6.73. The fourth-order valence-corrected chi connectivity index (χ4v) is 5.17. The lowest BCUT2D eigenvalue weighted by atomic mass is 10.0. The first-order valence-electron chi connectivity index (χ1n) is 7.64. The van der Waals surface area contributed by atoms with Crippen LogP contribution in [0.3, 0.4) is 0 Å². The zero-order valence-corrected chi connectivity index (χ0v) is 15.3. The van der Waals surface area contributed by atoms with Crippen LogP contribution in [0.2, 0.25) is 0 Å². The molecule has 0 spiro atoms. The summed E-state index contributed by atoms with van der Waals surface area (Å²) in [5.74, 6) is 0.288. The molecule has 1 aromatic heterocycles. The van der Waals surface area contributed by atoms with E-state index in [2.05, 4.69) is 17.0 Å². The number of hydrogen-bond donors (Lipinski definition) is 2. The third kappa shape index (κ3) is 5.36. The summed E-state index contributed by atoms with van der Waals surface area (Å²) in [4.78, 5) is 1.10. The van der Waals surface area contributed by atoms with E-state index in [1.54, 1.807) is 6.07 Å². The minimum absolute atomic E-state index is 0.0147. The largest absolute Gasteiger partial charge is 0.312 e. The van der Waals surface area contributed by atoms with E-state index < -0.39 is 10.0 Å². The highest BCUT2D eigenvalue weighted by atomic mass is 32.2. The molecule has 0 amide bonds. The van der Waals surface area contributed by atoms with Crippen molar-refractivity contribution in [3.8, 4) is 0 Å². The monoisotopic (exact) mass is 332 g/mol. The van der Waals surface area contributed by atoms with Gasteiger partial charge in [0, 0.05) is 17.5 Å². The number of aryl methyl sites for hydroxylation is 1. The highest BCUT2D eigenvalue weighted by Gasteiger charge is 2.23. The van der Waals surface area contributed by atoms with Crippen molar-refractivity contribution in [3.05, 3.63) is 16.5 Å². The number of sulfonamides is 1. The maximum absolute atomic E-state index is 12.5. The summed E-state index contributed by atoms with van der Waals surface area (Å²) in [6, 6.07) is 1.77. The SMILES string of the molecule is CCCNCc1sc(S(=O)(=O)NC(CC)C(C)C)cc1C. The summed E-state index contributed by atoms with van der Waals surface area (Å²) in [5.41, 5.74) is 1.04. The summed E-state index contributed by atoms with van der Waals surface area (Å²) in [6.07, 6.45) is 1.87. The van der Waals surface area contributed by atoms with Gasteiger partial charge in [0.25, 0.3) is 0 Å². The molecule has 1 unspecified atom stereocenters. The van der Waals surface area contributed by atoms with Crippen molar-refractivity contribution in [3.63, 3.8) is 0 Å². The van der Waals surface area contributed by atoms with Crippen LogP contribution >= 0.6 is 11.3 Å². The highest BCUT2D eigenvalue weighted by molar-refractivity contribution is 7.91. The predicted octanol–water partition coefficient (Wildman–Crippen LogP) is 3.27. The van der Waals surface area contributed by atoms with Gasteiger partial charge in [-0.2, -0.15) is 0 Å². The predicted molar refractivity (Wildman–Crippen MR) is 90.3 cm³/mol. The van der Waals surface area contributed by atoms with Crippen LogP contribution in [0.5, 0.6) is 0 Å². The van der Waals surface area contributed by atoms with Crippen molar-refractivity contribution < 1.29 is 8.42 Å². The molecule has 1 rings (SSSR count). The van der Waals surface area contributed by atoms with E-state index in [1.807, 2.05) is 27.7 Å². The van der Waals surface area contributed by atoms with Crippen molar-refractivity contribution in [2.45, 2.75) is 64.3 Å². The lowest BCUT2D eigenvalue weighted by molar-refractivity contribution is 0.438. The number of hydrogen-bond acceptors (Lipinski definition) is 4. The van der Waals surface area contributed by atoms with Crippen molar-refractivity contribution in [1.82, 2.24) is 10.0 Å². The second-order valence-electron chi connectivity index (χ2n) is 5.73. The average Bonchev–Trinajstić information content (AvgIpc) is 2.78. The molecule has 0 aliphatic heterocycles. The van der Waals surface area contributed by atoms with Crippen molar-refractivity contribution >= 4 is 21.4 Å². The second-order valence-corrected chi connectivity index (χ2v) is 8.81. The maximum atomic E-state index is 12.5. The first-order valence-corrected chi connectivity index (χ1v) is 9.94. The van der Waals surface area contributed by atoms with E-state index in [-0.39, 0.29) is 12.0 Å². The summed E-state index contributed by atoms with van der Waals surface area (Å²) in [6.45, 7) is 11.9. The van der Waals surface area contributed by atoms with E-state index >= 15 is 0 Å². The summed E-state index contributed by atoms with van der Waals surface area (Å²) >= 11 is 1.37. The fraction of sp³-hybridized carbons (Fsp3) is 0.733. The number of nitrogens with one attached hydrogen (secondary N) is 2. The Morgan fingerprint density at radius 1 is 1.29 bits per heavy atom. The third-order valence-electron chi connectivity index (χ3n) is 3.53. The second kappa shape index (κ2) is 8.27. The quantitative estimate of drug-likeness (QED) is 0.682. The van der Waals surface area contributed by atoms with Gasteiger partial charge in [-0.05, 0) is 43.9 Å². The molecule has 0 aromatic carbocycles. The van der Waals surface area contributed by atoms with Crippen LogP contribution in [0.15, 0.2) is 10.3 Å². The maximum Gasteiger partial charge on any atom is 0.250 e. The zero-order valence-electron chi connectivity index (χ0n) is 13.7. The van der Waals surface area contributed by atoms with Gasteiger partial charge in [0.1, 0.15) is 4.21 Å². The molecule has 1 aromatic rings. The van der Waals surface area contributed by atoms with Gasteiger partial charge in [0.2, 0.25) is 10.0 Å². The highest BCUT2D eigenvalue weighted by Crippen LogP contribution is 2.26. The molecule has 0 aliphatic rings. The molecular formula is C15H28N2O2S2. The van der Waals surface area contributed by atoms with Crippen LogP contribution in [0, 0.1) is 12.8 Å². The van der Waals surface area contributed by atoms with Crippen molar-refractivity contribution in [2.24, 2.45) is 5.92 Å². The molecule has 1 heterocycles. The van der Waals surface area contributed by atoms with Crippen molar-refractivity contribution in [1.29, 1.82) is 0 Å². The Morgan fingerprint density at radius 3 is 2.48 bits per heavy atom. The van der Waals surface area contributed by atoms with Gasteiger partial charge in [-0.25, -0.2) is 13.1 Å². The Hall–Kier alpha value is -0.430. The minimum Gasteiger partial charge on any atom is -0.312 e. The van der Waals surface area contributed by atoms with E-state index in [0.717, 1.165) is 36.4 Å². The standard InChI is InChI=1S/C15H28N2O2S2/c1-6-8-16-10-14-12(5)9-15(20-14)21(18,19)17-13(7-2)11(3)4/h9,11,13,16-17H,6-8,10H2,1-5H3. The molecule has 0 fully saturated rings. The normalized spacial score (nSPS) is 13.8. The molecule has 4 nitrogen and oxygen atoms in total. The van der Waals surface area contributed by atoms with E-state index in [1.165, 1.54) is 11.3 Å². The van der Waals surface area contributed by atoms with Gasteiger partial charge in [-0.15, -0.1) is 11.3 Å².